The molecule has 0 radical (unpaired) electrons. The Morgan fingerprint density at radius 1 is 0.765 bits per heavy atom. The number of H-pyrrole nitrogens is 3. The molecule has 2 rings (SSSR count). The summed E-state index contributed by atoms with van der Waals surface area (Å²) in [6, 6.07) is 5.85. The van der Waals surface area contributed by atoms with E-state index in [9.17, 15) is 14.4 Å². The van der Waals surface area contributed by atoms with Crippen molar-refractivity contribution in [2.75, 3.05) is 0 Å². The lowest BCUT2D eigenvalue weighted by molar-refractivity contribution is 0.450. The largest absolute Gasteiger partial charge is 0.508 e. The highest BCUT2D eigenvalue weighted by molar-refractivity contribution is 5.30. The van der Waals surface area contributed by atoms with E-state index in [1.165, 1.54) is 18.2 Å². The third-order valence-corrected chi connectivity index (χ3v) is 1.51. The van der Waals surface area contributed by atoms with Gasteiger partial charge in [-0.05, 0) is 12.1 Å². The molecule has 17 heavy (non-hydrogen) atoms. The van der Waals surface area contributed by atoms with Gasteiger partial charge in [-0.1, -0.05) is 6.07 Å². The van der Waals surface area contributed by atoms with Crippen molar-refractivity contribution < 1.29 is 10.2 Å². The first-order valence-corrected chi connectivity index (χ1v) is 4.38. The van der Waals surface area contributed by atoms with Crippen LogP contribution in [0.25, 0.3) is 0 Å². The van der Waals surface area contributed by atoms with Crippen LogP contribution in [0.5, 0.6) is 11.5 Å². The molecule has 90 valence electrons. The third-order valence-electron chi connectivity index (χ3n) is 1.51. The van der Waals surface area contributed by atoms with E-state index in [4.69, 9.17) is 10.2 Å². The summed E-state index contributed by atoms with van der Waals surface area (Å²) in [4.78, 5) is 35.9. The molecule has 1 heterocycles. The van der Waals surface area contributed by atoms with Gasteiger partial charge in [-0.25, -0.2) is 14.4 Å². The van der Waals surface area contributed by atoms with Crippen molar-refractivity contribution in [3.63, 3.8) is 0 Å². The number of phenolic OH excluding ortho intramolecular Hbond substituents is 2. The van der Waals surface area contributed by atoms with E-state index in [-0.39, 0.29) is 11.5 Å². The number of hydrogen-bond acceptors (Lipinski definition) is 5. The summed E-state index contributed by atoms with van der Waals surface area (Å²) < 4.78 is 0. The second kappa shape index (κ2) is 5.35. The predicted molar refractivity (Wildman–Crippen MR) is 58.1 cm³/mol. The highest BCUT2D eigenvalue weighted by Gasteiger charge is 1.86. The van der Waals surface area contributed by atoms with Gasteiger partial charge < -0.3 is 10.2 Å². The van der Waals surface area contributed by atoms with E-state index in [0.717, 1.165) is 0 Å². The minimum atomic E-state index is -0.802. The Hall–Kier alpha value is -2.77. The molecule has 0 saturated heterocycles. The van der Waals surface area contributed by atoms with Crippen LogP contribution in [0, 0.1) is 0 Å². The summed E-state index contributed by atoms with van der Waals surface area (Å²) in [5.74, 6) is 0.176. The normalized spacial score (nSPS) is 9.18. The molecular formula is C9H9N3O5. The zero-order valence-corrected chi connectivity index (χ0v) is 8.43. The number of aromatic nitrogens is 3. The summed E-state index contributed by atoms with van der Waals surface area (Å²) in [5, 5.41) is 17.3. The van der Waals surface area contributed by atoms with Gasteiger partial charge in [-0.2, -0.15) is 0 Å². The average molecular weight is 239 g/mol. The fourth-order valence-electron chi connectivity index (χ4n) is 0.896. The molecule has 0 aliphatic heterocycles. The van der Waals surface area contributed by atoms with Gasteiger partial charge in [0.25, 0.3) is 0 Å². The van der Waals surface area contributed by atoms with Crippen LogP contribution in [0.2, 0.25) is 0 Å². The summed E-state index contributed by atoms with van der Waals surface area (Å²) in [5.41, 5.74) is -2.41. The lowest BCUT2D eigenvalue weighted by Gasteiger charge is -1.89. The molecule has 0 amide bonds. The van der Waals surface area contributed by atoms with Crippen molar-refractivity contribution in [1.29, 1.82) is 0 Å². The second-order valence-corrected chi connectivity index (χ2v) is 2.88. The standard InChI is InChI=1S/C6H6O2.C3H3N3O3/c7-5-2-1-3-6(8)4-5;7-1-4-2(8)6-3(9)5-1/h1-4,7-8H;(H3,4,5,6,7,8,9). The maximum absolute atomic E-state index is 10.2. The first kappa shape index (κ1) is 12.3. The van der Waals surface area contributed by atoms with Gasteiger partial charge in [0.05, 0.1) is 0 Å². The quantitative estimate of drug-likeness (QED) is 0.395. The number of aromatic hydroxyl groups is 2. The SMILES string of the molecule is O=c1[nH]c(=O)[nH]c(=O)[nH]1.Oc1cccc(O)c1. The van der Waals surface area contributed by atoms with Crippen molar-refractivity contribution in [3.8, 4) is 11.5 Å². The topological polar surface area (TPSA) is 139 Å². The van der Waals surface area contributed by atoms with Crippen LogP contribution in [-0.4, -0.2) is 25.2 Å². The molecule has 5 N–H and O–H groups in total. The fraction of sp³-hybridized carbons (Fsp3) is 0. The minimum Gasteiger partial charge on any atom is -0.508 e. The molecule has 0 atom stereocenters. The molecule has 2 aromatic rings. The van der Waals surface area contributed by atoms with Crippen molar-refractivity contribution in [2.24, 2.45) is 0 Å². The first-order valence-electron chi connectivity index (χ1n) is 4.38. The number of benzene rings is 1. The van der Waals surface area contributed by atoms with E-state index in [2.05, 4.69) is 0 Å². The monoisotopic (exact) mass is 239 g/mol. The molecule has 0 fully saturated rings. The van der Waals surface area contributed by atoms with Gasteiger partial charge in [0, 0.05) is 6.07 Å². The minimum absolute atomic E-state index is 0.0880. The van der Waals surface area contributed by atoms with E-state index in [1.807, 2.05) is 0 Å². The molecule has 0 unspecified atom stereocenters. The summed E-state index contributed by atoms with van der Waals surface area (Å²) in [6.45, 7) is 0. The highest BCUT2D eigenvalue weighted by Crippen LogP contribution is 2.14. The van der Waals surface area contributed by atoms with Crippen LogP contribution in [0.1, 0.15) is 0 Å². The van der Waals surface area contributed by atoms with Gasteiger partial charge in [-0.3, -0.25) is 15.0 Å². The molecule has 0 saturated carbocycles. The second-order valence-electron chi connectivity index (χ2n) is 2.88. The van der Waals surface area contributed by atoms with E-state index in [0.29, 0.717) is 0 Å². The third kappa shape index (κ3) is 4.51. The van der Waals surface area contributed by atoms with E-state index in [1.54, 1.807) is 21.0 Å². The van der Waals surface area contributed by atoms with Gasteiger partial charge >= 0.3 is 17.1 Å². The Labute approximate surface area is 93.2 Å². The van der Waals surface area contributed by atoms with Crippen molar-refractivity contribution in [3.05, 3.63) is 55.7 Å². The van der Waals surface area contributed by atoms with Crippen molar-refractivity contribution in [2.45, 2.75) is 0 Å². The zero-order chi connectivity index (χ0) is 12.8. The van der Waals surface area contributed by atoms with Crippen LogP contribution in [0.3, 0.4) is 0 Å². The van der Waals surface area contributed by atoms with Gasteiger partial charge in [0.15, 0.2) is 0 Å². The number of nitrogens with one attached hydrogen (secondary N) is 3. The smallest absolute Gasteiger partial charge is 0.330 e. The molecule has 0 bridgehead atoms. The number of hydrogen-bond donors (Lipinski definition) is 5. The Morgan fingerprint density at radius 3 is 1.35 bits per heavy atom. The lowest BCUT2D eigenvalue weighted by atomic mass is 10.3. The Balaban J connectivity index is 0.000000171. The van der Waals surface area contributed by atoms with Crippen molar-refractivity contribution in [1.82, 2.24) is 15.0 Å². The number of aromatic amines is 3. The van der Waals surface area contributed by atoms with Crippen LogP contribution in [0.15, 0.2) is 38.6 Å². The summed E-state index contributed by atoms with van der Waals surface area (Å²) in [6.07, 6.45) is 0. The number of rotatable bonds is 0. The van der Waals surface area contributed by atoms with Gasteiger partial charge in [0.2, 0.25) is 0 Å². The van der Waals surface area contributed by atoms with Gasteiger partial charge in [-0.15, -0.1) is 0 Å². The summed E-state index contributed by atoms with van der Waals surface area (Å²) >= 11 is 0. The molecular weight excluding hydrogens is 230 g/mol. The number of phenols is 2. The molecule has 1 aromatic heterocycles. The Bertz CT molecular complexity index is 558. The molecule has 0 spiro atoms. The molecule has 8 heteroatoms. The van der Waals surface area contributed by atoms with Crippen LogP contribution in [0.4, 0.5) is 0 Å². The van der Waals surface area contributed by atoms with E-state index < -0.39 is 17.1 Å². The lowest BCUT2D eigenvalue weighted by Crippen LogP contribution is -2.34. The predicted octanol–water partition coefficient (Wildman–Crippen LogP) is -1.15. The van der Waals surface area contributed by atoms with Crippen LogP contribution >= 0.6 is 0 Å². The molecule has 8 nitrogen and oxygen atoms in total. The van der Waals surface area contributed by atoms with E-state index >= 15 is 0 Å². The zero-order valence-electron chi connectivity index (χ0n) is 8.43. The fourth-order valence-corrected chi connectivity index (χ4v) is 0.896. The molecule has 1 aromatic carbocycles. The summed E-state index contributed by atoms with van der Waals surface area (Å²) in [7, 11) is 0. The Kier molecular flexibility index (Phi) is 3.87. The first-order chi connectivity index (χ1) is 7.97. The van der Waals surface area contributed by atoms with Crippen LogP contribution < -0.4 is 17.1 Å². The maximum Gasteiger partial charge on any atom is 0.330 e. The maximum atomic E-state index is 10.2. The van der Waals surface area contributed by atoms with Crippen LogP contribution in [-0.2, 0) is 0 Å². The average Bonchev–Trinajstić information content (AvgIpc) is 2.15. The van der Waals surface area contributed by atoms with Crippen molar-refractivity contribution >= 4 is 0 Å². The Morgan fingerprint density at radius 2 is 1.12 bits per heavy atom. The molecule has 0 aliphatic rings. The van der Waals surface area contributed by atoms with Gasteiger partial charge in [0.1, 0.15) is 11.5 Å². The molecule has 0 aliphatic carbocycles. The highest BCUT2D eigenvalue weighted by atomic mass is 16.3.